The SMILES string of the molecule is CC(C)CCOc1cccc(C(=O)Nc2ccccc2C(=O)NC(C)(C)C)c1. The Morgan fingerprint density at radius 2 is 1.71 bits per heavy atom. The summed E-state index contributed by atoms with van der Waals surface area (Å²) >= 11 is 0. The van der Waals surface area contributed by atoms with E-state index in [0.29, 0.717) is 35.1 Å². The van der Waals surface area contributed by atoms with Gasteiger partial charge in [-0.25, -0.2) is 0 Å². The van der Waals surface area contributed by atoms with Gasteiger partial charge in [0.15, 0.2) is 0 Å². The summed E-state index contributed by atoms with van der Waals surface area (Å²) in [6, 6.07) is 14.0. The highest BCUT2D eigenvalue weighted by atomic mass is 16.5. The van der Waals surface area contributed by atoms with Crippen LogP contribution in [0.5, 0.6) is 5.75 Å². The Hall–Kier alpha value is -2.82. The number of ether oxygens (including phenoxy) is 1. The molecule has 0 atom stereocenters. The van der Waals surface area contributed by atoms with E-state index in [9.17, 15) is 9.59 Å². The lowest BCUT2D eigenvalue weighted by molar-refractivity contribution is 0.0920. The van der Waals surface area contributed by atoms with Crippen LogP contribution in [0.4, 0.5) is 5.69 Å². The molecule has 2 N–H and O–H groups in total. The van der Waals surface area contributed by atoms with Gasteiger partial charge in [-0.15, -0.1) is 0 Å². The minimum absolute atomic E-state index is 0.228. The molecule has 2 rings (SSSR count). The second-order valence-corrected chi connectivity index (χ2v) is 8.26. The smallest absolute Gasteiger partial charge is 0.255 e. The summed E-state index contributed by atoms with van der Waals surface area (Å²) < 4.78 is 5.73. The van der Waals surface area contributed by atoms with Crippen molar-refractivity contribution < 1.29 is 14.3 Å². The van der Waals surface area contributed by atoms with E-state index in [1.165, 1.54) is 0 Å². The van der Waals surface area contributed by atoms with E-state index in [4.69, 9.17) is 4.74 Å². The van der Waals surface area contributed by atoms with Crippen LogP contribution in [0.1, 0.15) is 61.8 Å². The number of anilines is 1. The van der Waals surface area contributed by atoms with E-state index in [1.54, 1.807) is 42.5 Å². The second-order valence-electron chi connectivity index (χ2n) is 8.26. The highest BCUT2D eigenvalue weighted by Gasteiger charge is 2.19. The van der Waals surface area contributed by atoms with E-state index in [0.717, 1.165) is 6.42 Å². The molecule has 2 aromatic carbocycles. The normalized spacial score (nSPS) is 11.2. The van der Waals surface area contributed by atoms with Gasteiger partial charge in [-0.2, -0.15) is 0 Å². The third-order valence-electron chi connectivity index (χ3n) is 3.97. The van der Waals surface area contributed by atoms with Crippen molar-refractivity contribution in [2.75, 3.05) is 11.9 Å². The summed E-state index contributed by atoms with van der Waals surface area (Å²) in [5.74, 6) is 0.703. The van der Waals surface area contributed by atoms with Gasteiger partial charge in [0.1, 0.15) is 5.75 Å². The van der Waals surface area contributed by atoms with Gasteiger partial charge in [0.05, 0.1) is 17.9 Å². The predicted molar refractivity (Wildman–Crippen MR) is 113 cm³/mol. The molecular formula is C23H30N2O3. The maximum absolute atomic E-state index is 12.7. The zero-order valence-electron chi connectivity index (χ0n) is 17.3. The first-order chi connectivity index (χ1) is 13.2. The Morgan fingerprint density at radius 3 is 2.39 bits per heavy atom. The van der Waals surface area contributed by atoms with Crippen LogP contribution in [0.15, 0.2) is 48.5 Å². The van der Waals surface area contributed by atoms with Crippen molar-refractivity contribution in [2.24, 2.45) is 5.92 Å². The average molecular weight is 383 g/mol. The predicted octanol–water partition coefficient (Wildman–Crippen LogP) is 4.89. The van der Waals surface area contributed by atoms with Crippen molar-refractivity contribution in [3.05, 3.63) is 59.7 Å². The van der Waals surface area contributed by atoms with E-state index in [-0.39, 0.29) is 17.4 Å². The van der Waals surface area contributed by atoms with E-state index < -0.39 is 0 Å². The first-order valence-electron chi connectivity index (χ1n) is 9.61. The van der Waals surface area contributed by atoms with E-state index in [2.05, 4.69) is 24.5 Å². The van der Waals surface area contributed by atoms with Gasteiger partial charge in [-0.3, -0.25) is 9.59 Å². The van der Waals surface area contributed by atoms with Crippen LogP contribution >= 0.6 is 0 Å². The number of nitrogens with one attached hydrogen (secondary N) is 2. The molecule has 0 aliphatic heterocycles. The first kappa shape index (κ1) is 21.5. The molecule has 5 heteroatoms. The first-order valence-corrected chi connectivity index (χ1v) is 9.61. The monoisotopic (exact) mass is 382 g/mol. The lowest BCUT2D eigenvalue weighted by atomic mass is 10.1. The minimum Gasteiger partial charge on any atom is -0.494 e. The molecule has 0 aliphatic rings. The van der Waals surface area contributed by atoms with Gasteiger partial charge < -0.3 is 15.4 Å². The quantitative estimate of drug-likeness (QED) is 0.716. The molecule has 0 saturated carbocycles. The molecule has 2 aromatic rings. The molecule has 0 bridgehead atoms. The second kappa shape index (κ2) is 9.40. The maximum Gasteiger partial charge on any atom is 0.255 e. The Bertz CT molecular complexity index is 823. The molecule has 0 radical (unpaired) electrons. The molecule has 150 valence electrons. The van der Waals surface area contributed by atoms with Gasteiger partial charge >= 0.3 is 0 Å². The Balaban J connectivity index is 2.12. The van der Waals surface area contributed by atoms with Crippen molar-refractivity contribution in [1.82, 2.24) is 5.32 Å². The molecule has 2 amide bonds. The minimum atomic E-state index is -0.365. The maximum atomic E-state index is 12.7. The van der Waals surface area contributed by atoms with Gasteiger partial charge in [0, 0.05) is 11.1 Å². The van der Waals surface area contributed by atoms with Crippen molar-refractivity contribution in [1.29, 1.82) is 0 Å². The number of carbonyl (C=O) groups is 2. The van der Waals surface area contributed by atoms with E-state index >= 15 is 0 Å². The van der Waals surface area contributed by atoms with Crippen LogP contribution in [-0.2, 0) is 0 Å². The third kappa shape index (κ3) is 6.72. The van der Waals surface area contributed by atoms with Crippen molar-refractivity contribution >= 4 is 17.5 Å². The summed E-state index contributed by atoms with van der Waals surface area (Å²) in [5.41, 5.74) is 1.01. The van der Waals surface area contributed by atoms with Crippen LogP contribution in [0.2, 0.25) is 0 Å². The van der Waals surface area contributed by atoms with Gasteiger partial charge in [-0.1, -0.05) is 32.0 Å². The van der Waals surface area contributed by atoms with Crippen molar-refractivity contribution in [3.63, 3.8) is 0 Å². The standard InChI is InChI=1S/C23H30N2O3/c1-16(2)13-14-28-18-10-8-9-17(15-18)21(26)24-20-12-7-6-11-19(20)22(27)25-23(3,4)5/h6-12,15-16H,13-14H2,1-5H3,(H,24,26)(H,25,27). The number of para-hydroxylation sites is 1. The Kier molecular flexibility index (Phi) is 7.21. The topological polar surface area (TPSA) is 67.4 Å². The van der Waals surface area contributed by atoms with Crippen LogP contribution in [0.3, 0.4) is 0 Å². The molecule has 0 aliphatic carbocycles. The molecule has 28 heavy (non-hydrogen) atoms. The van der Waals surface area contributed by atoms with Crippen molar-refractivity contribution in [3.8, 4) is 5.75 Å². The van der Waals surface area contributed by atoms with Crippen LogP contribution in [-0.4, -0.2) is 24.0 Å². The fraction of sp³-hybridized carbons (Fsp3) is 0.391. The number of carbonyl (C=O) groups excluding carboxylic acids is 2. The molecule has 0 unspecified atom stereocenters. The zero-order valence-corrected chi connectivity index (χ0v) is 17.3. The fourth-order valence-corrected chi connectivity index (χ4v) is 2.53. The van der Waals surface area contributed by atoms with Crippen molar-refractivity contribution in [2.45, 2.75) is 46.6 Å². The highest BCUT2D eigenvalue weighted by molar-refractivity contribution is 6.09. The number of benzene rings is 2. The molecule has 0 saturated heterocycles. The summed E-state index contributed by atoms with van der Waals surface area (Å²) in [6.45, 7) is 10.6. The van der Waals surface area contributed by atoms with Crippen LogP contribution in [0.25, 0.3) is 0 Å². The van der Waals surface area contributed by atoms with Crippen LogP contribution < -0.4 is 15.4 Å². The Labute approximate surface area is 167 Å². The summed E-state index contributed by atoms with van der Waals surface area (Å²) in [6.07, 6.45) is 0.951. The van der Waals surface area contributed by atoms with E-state index in [1.807, 2.05) is 26.8 Å². The Morgan fingerprint density at radius 1 is 1.00 bits per heavy atom. The lowest BCUT2D eigenvalue weighted by Gasteiger charge is -2.21. The molecule has 0 fully saturated rings. The number of hydrogen-bond acceptors (Lipinski definition) is 3. The zero-order chi connectivity index (χ0) is 20.7. The largest absolute Gasteiger partial charge is 0.494 e. The molecule has 0 spiro atoms. The number of hydrogen-bond donors (Lipinski definition) is 2. The van der Waals surface area contributed by atoms with Gasteiger partial charge in [0.2, 0.25) is 0 Å². The highest BCUT2D eigenvalue weighted by Crippen LogP contribution is 2.19. The van der Waals surface area contributed by atoms with Gasteiger partial charge in [0.25, 0.3) is 11.8 Å². The number of rotatable bonds is 7. The number of amides is 2. The fourth-order valence-electron chi connectivity index (χ4n) is 2.53. The average Bonchev–Trinajstić information content (AvgIpc) is 2.60. The van der Waals surface area contributed by atoms with Crippen LogP contribution in [0, 0.1) is 5.92 Å². The summed E-state index contributed by atoms with van der Waals surface area (Å²) in [4.78, 5) is 25.3. The molecule has 5 nitrogen and oxygen atoms in total. The van der Waals surface area contributed by atoms with Gasteiger partial charge in [-0.05, 0) is 63.4 Å². The lowest BCUT2D eigenvalue weighted by Crippen LogP contribution is -2.40. The molecule has 0 heterocycles. The molecular weight excluding hydrogens is 352 g/mol. The summed E-state index contributed by atoms with van der Waals surface area (Å²) in [7, 11) is 0. The molecule has 0 aromatic heterocycles. The summed E-state index contributed by atoms with van der Waals surface area (Å²) in [5, 5.41) is 5.76. The third-order valence-corrected chi connectivity index (χ3v) is 3.97.